The van der Waals surface area contributed by atoms with E-state index in [9.17, 15) is 14.0 Å². The summed E-state index contributed by atoms with van der Waals surface area (Å²) in [5, 5.41) is 1.93. The summed E-state index contributed by atoms with van der Waals surface area (Å²) < 4.78 is 18.1. The fourth-order valence-electron chi connectivity index (χ4n) is 1.14. The summed E-state index contributed by atoms with van der Waals surface area (Å²) in [5.74, 6) is -1.49. The van der Waals surface area contributed by atoms with E-state index in [4.69, 9.17) is 22.1 Å². The van der Waals surface area contributed by atoms with E-state index in [0.29, 0.717) is 0 Å². The number of amides is 2. The second-order valence-electron chi connectivity index (χ2n) is 3.02. The highest BCUT2D eigenvalue weighted by Gasteiger charge is 2.16. The molecule has 5 nitrogen and oxygen atoms in total. The molecule has 7 heteroatoms. The number of ether oxygens (including phenoxy) is 1. The molecular formula is C10H10ClFN2O3. The van der Waals surface area contributed by atoms with E-state index < -0.39 is 17.8 Å². The quantitative estimate of drug-likeness (QED) is 0.817. The van der Waals surface area contributed by atoms with Gasteiger partial charge in [-0.1, -0.05) is 11.6 Å². The summed E-state index contributed by atoms with van der Waals surface area (Å²) in [7, 11) is 0. The minimum absolute atomic E-state index is 0.0429. The Labute approximate surface area is 102 Å². The van der Waals surface area contributed by atoms with Gasteiger partial charge in [-0.3, -0.25) is 0 Å². The van der Waals surface area contributed by atoms with Crippen molar-refractivity contribution in [3.8, 4) is 0 Å². The Morgan fingerprint density at radius 1 is 1.53 bits per heavy atom. The smallest absolute Gasteiger partial charge is 0.339 e. The molecule has 0 atom stereocenters. The Hall–Kier alpha value is -1.82. The van der Waals surface area contributed by atoms with Crippen molar-refractivity contribution in [2.75, 3.05) is 11.9 Å². The predicted octanol–water partition coefficient (Wildman–Crippen LogP) is 2.15. The molecule has 1 rings (SSSR count). The zero-order valence-electron chi connectivity index (χ0n) is 8.92. The Morgan fingerprint density at radius 2 is 2.18 bits per heavy atom. The van der Waals surface area contributed by atoms with Gasteiger partial charge in [-0.15, -0.1) is 0 Å². The molecule has 0 aliphatic carbocycles. The van der Waals surface area contributed by atoms with Crippen molar-refractivity contribution in [3.63, 3.8) is 0 Å². The third-order valence-corrected chi connectivity index (χ3v) is 2.12. The number of rotatable bonds is 3. The molecule has 0 aliphatic heterocycles. The molecule has 0 aromatic heterocycles. The number of carbonyl (C=O) groups excluding carboxylic acids is 2. The Bertz CT molecular complexity index is 465. The highest BCUT2D eigenvalue weighted by molar-refractivity contribution is 6.33. The van der Waals surface area contributed by atoms with Gasteiger partial charge < -0.3 is 15.8 Å². The van der Waals surface area contributed by atoms with Crippen molar-refractivity contribution in [3.05, 3.63) is 28.5 Å². The lowest BCUT2D eigenvalue weighted by Crippen LogP contribution is -2.20. The van der Waals surface area contributed by atoms with Gasteiger partial charge in [0.15, 0.2) is 0 Å². The van der Waals surface area contributed by atoms with E-state index in [-0.39, 0.29) is 22.9 Å². The average Bonchev–Trinajstić information content (AvgIpc) is 2.21. The molecular weight excluding hydrogens is 251 g/mol. The minimum atomic E-state index is -0.943. The van der Waals surface area contributed by atoms with Crippen LogP contribution in [-0.2, 0) is 4.74 Å². The lowest BCUT2D eigenvalue weighted by molar-refractivity contribution is 0.0526. The Balaban J connectivity index is 3.14. The molecule has 17 heavy (non-hydrogen) atoms. The van der Waals surface area contributed by atoms with Crippen LogP contribution >= 0.6 is 11.6 Å². The monoisotopic (exact) mass is 260 g/mol. The van der Waals surface area contributed by atoms with Crippen molar-refractivity contribution in [2.24, 2.45) is 5.73 Å². The van der Waals surface area contributed by atoms with Crippen molar-refractivity contribution in [2.45, 2.75) is 6.92 Å². The fourth-order valence-corrected chi connectivity index (χ4v) is 1.37. The lowest BCUT2D eigenvalue weighted by Gasteiger charge is -2.08. The summed E-state index contributed by atoms with van der Waals surface area (Å²) >= 11 is 5.68. The van der Waals surface area contributed by atoms with E-state index in [1.54, 1.807) is 6.92 Å². The van der Waals surface area contributed by atoms with Crippen molar-refractivity contribution in [1.29, 1.82) is 0 Å². The van der Waals surface area contributed by atoms with Gasteiger partial charge in [0, 0.05) is 0 Å². The predicted molar refractivity (Wildman–Crippen MR) is 60.6 cm³/mol. The van der Waals surface area contributed by atoms with Gasteiger partial charge >= 0.3 is 12.0 Å². The van der Waals surface area contributed by atoms with E-state index in [0.717, 1.165) is 12.1 Å². The second kappa shape index (κ2) is 5.49. The van der Waals surface area contributed by atoms with Crippen LogP contribution in [0.3, 0.4) is 0 Å². The Morgan fingerprint density at radius 3 is 2.71 bits per heavy atom. The van der Waals surface area contributed by atoms with Gasteiger partial charge in [-0.2, -0.15) is 0 Å². The molecule has 0 saturated heterocycles. The highest BCUT2D eigenvalue weighted by Crippen LogP contribution is 2.24. The molecule has 0 spiro atoms. The molecule has 0 saturated carbocycles. The van der Waals surface area contributed by atoms with Crippen LogP contribution in [0.4, 0.5) is 14.9 Å². The maximum Gasteiger partial charge on any atom is 0.339 e. The van der Waals surface area contributed by atoms with E-state index in [1.165, 1.54) is 0 Å². The fraction of sp³-hybridized carbons (Fsp3) is 0.200. The van der Waals surface area contributed by atoms with Crippen molar-refractivity contribution < 1.29 is 18.7 Å². The molecule has 1 aromatic carbocycles. The van der Waals surface area contributed by atoms with Crippen LogP contribution in [0.25, 0.3) is 0 Å². The number of carbonyl (C=O) groups is 2. The van der Waals surface area contributed by atoms with Gasteiger partial charge in [0.1, 0.15) is 5.82 Å². The minimum Gasteiger partial charge on any atom is -0.462 e. The van der Waals surface area contributed by atoms with Crippen LogP contribution in [0.2, 0.25) is 5.02 Å². The zero-order chi connectivity index (χ0) is 13.0. The third-order valence-electron chi connectivity index (χ3n) is 1.81. The first-order valence-electron chi connectivity index (χ1n) is 4.68. The molecule has 3 N–H and O–H groups in total. The largest absolute Gasteiger partial charge is 0.462 e. The standard InChI is InChI=1S/C10H10ClFN2O3/c1-2-17-9(15)5-3-8(14-10(13)16)7(12)4-6(5)11/h3-4H,2H2,1H3,(H3,13,14,16). The second-order valence-corrected chi connectivity index (χ2v) is 3.43. The maximum absolute atomic E-state index is 13.3. The van der Waals surface area contributed by atoms with Gasteiger partial charge in [0.2, 0.25) is 0 Å². The molecule has 0 unspecified atom stereocenters. The molecule has 2 amide bonds. The molecule has 0 bridgehead atoms. The topological polar surface area (TPSA) is 81.4 Å². The number of nitrogens with one attached hydrogen (secondary N) is 1. The number of esters is 1. The molecule has 0 fully saturated rings. The first-order valence-corrected chi connectivity index (χ1v) is 5.06. The molecule has 1 aromatic rings. The average molecular weight is 261 g/mol. The number of anilines is 1. The van der Waals surface area contributed by atoms with E-state index in [2.05, 4.69) is 0 Å². The van der Waals surface area contributed by atoms with Crippen LogP contribution < -0.4 is 11.1 Å². The van der Waals surface area contributed by atoms with Crippen molar-refractivity contribution in [1.82, 2.24) is 0 Å². The molecule has 0 heterocycles. The van der Waals surface area contributed by atoms with Crippen LogP contribution in [0.1, 0.15) is 17.3 Å². The number of hydrogen-bond donors (Lipinski definition) is 2. The first-order chi connectivity index (χ1) is 7.95. The van der Waals surface area contributed by atoms with Gasteiger partial charge in [-0.05, 0) is 19.1 Å². The first kappa shape index (κ1) is 13.2. The van der Waals surface area contributed by atoms with E-state index >= 15 is 0 Å². The van der Waals surface area contributed by atoms with Gasteiger partial charge in [0.25, 0.3) is 0 Å². The molecule has 0 radical (unpaired) electrons. The highest BCUT2D eigenvalue weighted by atomic mass is 35.5. The summed E-state index contributed by atoms with van der Waals surface area (Å²) in [4.78, 5) is 22.0. The number of urea groups is 1. The summed E-state index contributed by atoms with van der Waals surface area (Å²) in [6.45, 7) is 1.78. The molecule has 0 aliphatic rings. The summed E-state index contributed by atoms with van der Waals surface area (Å²) in [5.41, 5.74) is 4.58. The van der Waals surface area contributed by atoms with Crippen molar-refractivity contribution >= 4 is 29.3 Å². The number of hydrogen-bond acceptors (Lipinski definition) is 3. The third kappa shape index (κ3) is 3.32. The Kier molecular flexibility index (Phi) is 4.28. The molecule has 92 valence electrons. The van der Waals surface area contributed by atoms with Crippen LogP contribution in [0.5, 0.6) is 0 Å². The summed E-state index contributed by atoms with van der Waals surface area (Å²) in [6, 6.07) is 1.03. The number of primary amides is 1. The van der Waals surface area contributed by atoms with Gasteiger partial charge in [-0.25, -0.2) is 14.0 Å². The maximum atomic E-state index is 13.3. The van der Waals surface area contributed by atoms with Gasteiger partial charge in [0.05, 0.1) is 22.9 Å². The summed E-state index contributed by atoms with van der Waals surface area (Å²) in [6.07, 6.45) is 0. The number of halogens is 2. The zero-order valence-corrected chi connectivity index (χ0v) is 9.68. The number of benzene rings is 1. The lowest BCUT2D eigenvalue weighted by atomic mass is 10.2. The van der Waals surface area contributed by atoms with Crippen LogP contribution in [0, 0.1) is 5.82 Å². The SMILES string of the molecule is CCOC(=O)c1cc(NC(N)=O)c(F)cc1Cl. The normalized spacial score (nSPS) is 9.82. The number of nitrogens with two attached hydrogens (primary N) is 1. The van der Waals surface area contributed by atoms with Crippen LogP contribution in [-0.4, -0.2) is 18.6 Å². The van der Waals surface area contributed by atoms with Crippen LogP contribution in [0.15, 0.2) is 12.1 Å². The van der Waals surface area contributed by atoms with E-state index in [1.807, 2.05) is 5.32 Å².